The van der Waals surface area contributed by atoms with E-state index in [-0.39, 0.29) is 11.5 Å². The molecule has 112 valence electrons. The number of nitrogens with two attached hydrogens (primary N) is 1. The first kappa shape index (κ1) is 15.0. The van der Waals surface area contributed by atoms with Crippen molar-refractivity contribution in [1.29, 1.82) is 0 Å². The molecule has 0 saturated heterocycles. The minimum atomic E-state index is -4.45. The average Bonchev–Trinajstić information content (AvgIpc) is 2.42. The minimum Gasteiger partial charge on any atom is -0.339 e. The van der Waals surface area contributed by atoms with E-state index in [1.165, 1.54) is 18.2 Å². The molecule has 0 fully saturated rings. The van der Waals surface area contributed by atoms with Crippen LogP contribution in [0.2, 0.25) is 0 Å². The van der Waals surface area contributed by atoms with Gasteiger partial charge in [-0.2, -0.15) is 13.2 Å². The van der Waals surface area contributed by atoms with Gasteiger partial charge in [-0.25, -0.2) is 15.8 Å². The fourth-order valence-corrected chi connectivity index (χ4v) is 1.86. The molecule has 4 N–H and O–H groups in total. The van der Waals surface area contributed by atoms with E-state index < -0.39 is 11.7 Å². The summed E-state index contributed by atoms with van der Waals surface area (Å²) >= 11 is 0. The number of aromatic nitrogens is 2. The van der Waals surface area contributed by atoms with Gasteiger partial charge in [0, 0.05) is 5.56 Å². The van der Waals surface area contributed by atoms with Gasteiger partial charge in [0.25, 0.3) is 0 Å². The molecule has 0 radical (unpaired) electrons. The van der Waals surface area contributed by atoms with E-state index in [9.17, 15) is 13.2 Å². The molecule has 0 amide bonds. The third-order valence-corrected chi connectivity index (χ3v) is 2.88. The largest absolute Gasteiger partial charge is 0.418 e. The van der Waals surface area contributed by atoms with Crippen molar-refractivity contribution in [2.75, 3.05) is 10.7 Å². The Kier molecular flexibility index (Phi) is 3.99. The Morgan fingerprint density at radius 1 is 1.05 bits per heavy atom. The lowest BCUT2D eigenvalue weighted by atomic mass is 10.1. The van der Waals surface area contributed by atoms with Crippen LogP contribution in [0.1, 0.15) is 17.0 Å². The van der Waals surface area contributed by atoms with Crippen molar-refractivity contribution in [2.45, 2.75) is 20.0 Å². The first-order chi connectivity index (χ1) is 9.82. The topological polar surface area (TPSA) is 75.9 Å². The molecule has 2 aromatic rings. The molecule has 21 heavy (non-hydrogen) atoms. The summed E-state index contributed by atoms with van der Waals surface area (Å²) in [5, 5.41) is 2.70. The predicted molar refractivity (Wildman–Crippen MR) is 74.0 cm³/mol. The summed E-state index contributed by atoms with van der Waals surface area (Å²) in [7, 11) is 0. The zero-order chi connectivity index (χ0) is 15.6. The molecule has 0 aliphatic carbocycles. The van der Waals surface area contributed by atoms with Gasteiger partial charge in [-0.15, -0.1) is 0 Å². The molecule has 1 heterocycles. The second-order valence-electron chi connectivity index (χ2n) is 4.41. The lowest BCUT2D eigenvalue weighted by Gasteiger charge is -2.16. The van der Waals surface area contributed by atoms with Crippen LogP contribution in [0.4, 0.5) is 30.5 Å². The number of alkyl halides is 3. The fraction of sp³-hybridized carbons (Fsp3) is 0.231. The third kappa shape index (κ3) is 3.22. The van der Waals surface area contributed by atoms with Crippen LogP contribution >= 0.6 is 0 Å². The second-order valence-corrected chi connectivity index (χ2v) is 4.41. The SMILES string of the molecule is Cc1nc(NN)c(C)c(Nc2ccccc2C(F)(F)F)n1. The van der Waals surface area contributed by atoms with Crippen molar-refractivity contribution in [3.8, 4) is 0 Å². The van der Waals surface area contributed by atoms with Gasteiger partial charge in [0.1, 0.15) is 17.5 Å². The quantitative estimate of drug-likeness (QED) is 0.599. The third-order valence-electron chi connectivity index (χ3n) is 2.88. The number of nitrogens with one attached hydrogen (secondary N) is 2. The Hall–Kier alpha value is -2.35. The van der Waals surface area contributed by atoms with E-state index in [1.54, 1.807) is 13.8 Å². The highest BCUT2D eigenvalue weighted by Gasteiger charge is 2.33. The number of aryl methyl sites for hydroxylation is 1. The Bertz CT molecular complexity index is 655. The van der Waals surface area contributed by atoms with Crippen LogP contribution in [0, 0.1) is 13.8 Å². The van der Waals surface area contributed by atoms with Crippen LogP contribution in [-0.2, 0) is 6.18 Å². The van der Waals surface area contributed by atoms with Gasteiger partial charge >= 0.3 is 6.18 Å². The number of rotatable bonds is 3. The average molecular weight is 297 g/mol. The van der Waals surface area contributed by atoms with E-state index in [0.29, 0.717) is 17.2 Å². The molecular weight excluding hydrogens is 283 g/mol. The molecular formula is C13H14F3N5. The number of nitrogens with zero attached hydrogens (tertiary/aromatic N) is 2. The van der Waals surface area contributed by atoms with Crippen LogP contribution in [0.3, 0.4) is 0 Å². The van der Waals surface area contributed by atoms with E-state index in [1.807, 2.05) is 0 Å². The van der Waals surface area contributed by atoms with Crippen LogP contribution < -0.4 is 16.6 Å². The summed E-state index contributed by atoms with van der Waals surface area (Å²) in [6, 6.07) is 5.20. The lowest BCUT2D eigenvalue weighted by molar-refractivity contribution is -0.136. The molecule has 1 aromatic heterocycles. The summed E-state index contributed by atoms with van der Waals surface area (Å²) in [5.41, 5.74) is 2.09. The van der Waals surface area contributed by atoms with E-state index in [4.69, 9.17) is 5.84 Å². The van der Waals surface area contributed by atoms with Crippen molar-refractivity contribution >= 4 is 17.3 Å². The molecule has 5 nitrogen and oxygen atoms in total. The second kappa shape index (κ2) is 5.57. The van der Waals surface area contributed by atoms with Gasteiger partial charge < -0.3 is 10.7 Å². The monoisotopic (exact) mass is 297 g/mol. The van der Waals surface area contributed by atoms with Crippen LogP contribution in [0.15, 0.2) is 24.3 Å². The number of benzene rings is 1. The summed E-state index contributed by atoms with van der Waals surface area (Å²) < 4.78 is 38.9. The normalized spacial score (nSPS) is 11.3. The Labute approximate surface area is 119 Å². The molecule has 8 heteroatoms. The highest BCUT2D eigenvalue weighted by Crippen LogP contribution is 2.36. The molecule has 0 saturated carbocycles. The van der Waals surface area contributed by atoms with Crippen LogP contribution in [0.25, 0.3) is 0 Å². The molecule has 1 aromatic carbocycles. The minimum absolute atomic E-state index is 0.0748. The number of nitrogen functional groups attached to an aromatic ring is 1. The first-order valence-corrected chi connectivity index (χ1v) is 6.08. The van der Waals surface area contributed by atoms with Crippen LogP contribution in [-0.4, -0.2) is 9.97 Å². The summed E-state index contributed by atoms with van der Waals surface area (Å²) in [4.78, 5) is 8.17. The van der Waals surface area contributed by atoms with Crippen molar-refractivity contribution in [2.24, 2.45) is 5.84 Å². The van der Waals surface area contributed by atoms with E-state index in [0.717, 1.165) is 6.07 Å². The van der Waals surface area contributed by atoms with Gasteiger partial charge in [0.05, 0.1) is 11.3 Å². The molecule has 0 atom stereocenters. The zero-order valence-corrected chi connectivity index (χ0v) is 11.4. The maximum absolute atomic E-state index is 13.0. The standard InChI is InChI=1S/C13H14F3N5/c1-7-11(18-8(2)19-12(7)21-17)20-10-6-4-3-5-9(10)13(14,15)16/h3-6H,17H2,1-2H3,(H2,18,19,20,21). The smallest absolute Gasteiger partial charge is 0.339 e. The fourth-order valence-electron chi connectivity index (χ4n) is 1.86. The first-order valence-electron chi connectivity index (χ1n) is 6.08. The number of hydrazine groups is 1. The molecule has 2 rings (SSSR count). The van der Waals surface area contributed by atoms with E-state index in [2.05, 4.69) is 20.7 Å². The molecule has 0 aliphatic heterocycles. The lowest BCUT2D eigenvalue weighted by Crippen LogP contribution is -2.14. The highest BCUT2D eigenvalue weighted by atomic mass is 19.4. The van der Waals surface area contributed by atoms with E-state index >= 15 is 0 Å². The van der Waals surface area contributed by atoms with Crippen LogP contribution in [0.5, 0.6) is 0 Å². The molecule has 0 aliphatic rings. The number of anilines is 3. The van der Waals surface area contributed by atoms with Crippen molar-refractivity contribution < 1.29 is 13.2 Å². The summed E-state index contributed by atoms with van der Waals surface area (Å²) in [6.45, 7) is 3.29. The van der Waals surface area contributed by atoms with Crippen molar-refractivity contribution in [3.63, 3.8) is 0 Å². The maximum atomic E-state index is 13.0. The Balaban J connectivity index is 2.47. The Morgan fingerprint density at radius 3 is 2.29 bits per heavy atom. The van der Waals surface area contributed by atoms with Crippen molar-refractivity contribution in [3.05, 3.63) is 41.2 Å². The maximum Gasteiger partial charge on any atom is 0.418 e. The van der Waals surface area contributed by atoms with Gasteiger partial charge in [0.15, 0.2) is 0 Å². The number of hydrogen-bond acceptors (Lipinski definition) is 5. The number of para-hydroxylation sites is 1. The molecule has 0 unspecified atom stereocenters. The van der Waals surface area contributed by atoms with Crippen molar-refractivity contribution in [1.82, 2.24) is 9.97 Å². The zero-order valence-electron chi connectivity index (χ0n) is 11.4. The van der Waals surface area contributed by atoms with Gasteiger partial charge in [0.2, 0.25) is 0 Å². The Morgan fingerprint density at radius 2 is 1.67 bits per heavy atom. The van der Waals surface area contributed by atoms with Gasteiger partial charge in [-0.3, -0.25) is 0 Å². The predicted octanol–water partition coefficient (Wildman–Crippen LogP) is 3.14. The van der Waals surface area contributed by atoms with Gasteiger partial charge in [-0.05, 0) is 26.0 Å². The number of halogens is 3. The highest BCUT2D eigenvalue weighted by molar-refractivity contribution is 5.67. The summed E-state index contributed by atoms with van der Waals surface area (Å²) in [5.74, 6) is 6.35. The molecule has 0 spiro atoms. The summed E-state index contributed by atoms with van der Waals surface area (Å²) in [6.07, 6.45) is -4.45. The number of hydrogen-bond donors (Lipinski definition) is 3. The van der Waals surface area contributed by atoms with Gasteiger partial charge in [-0.1, -0.05) is 12.1 Å². The molecule has 0 bridgehead atoms.